The monoisotopic (exact) mass is 248 g/mol. The van der Waals surface area contributed by atoms with Crippen LogP contribution in [0.1, 0.15) is 21.7 Å². The molecule has 0 radical (unpaired) electrons. The molecule has 0 aromatic carbocycles. The Hall–Kier alpha value is -2.44. The van der Waals surface area contributed by atoms with E-state index in [0.717, 1.165) is 0 Å². The molecule has 0 atom stereocenters. The van der Waals surface area contributed by atoms with E-state index in [0.29, 0.717) is 17.0 Å². The third kappa shape index (κ3) is 2.15. The molecule has 0 bridgehead atoms. The topological polar surface area (TPSA) is 89.9 Å². The van der Waals surface area contributed by atoms with Gasteiger partial charge in [0.15, 0.2) is 0 Å². The van der Waals surface area contributed by atoms with Crippen molar-refractivity contribution >= 4 is 5.97 Å². The summed E-state index contributed by atoms with van der Waals surface area (Å²) < 4.78 is 5.97. The van der Waals surface area contributed by atoms with Crippen LogP contribution in [-0.4, -0.2) is 32.8 Å². The van der Waals surface area contributed by atoms with Crippen LogP contribution < -0.4 is 5.56 Å². The van der Waals surface area contributed by atoms with Crippen molar-refractivity contribution in [2.75, 3.05) is 7.11 Å². The van der Waals surface area contributed by atoms with Crippen LogP contribution in [0.15, 0.2) is 17.1 Å². The zero-order valence-corrected chi connectivity index (χ0v) is 10.2. The standard InChI is InChI=1S/C11H12N4O3/c1-6-4-9(16)13-11(12-6)15-5-8(7(2)14-15)10(17)18-3/h4-5H,1-3H3,(H,12,13,16). The Morgan fingerprint density at radius 1 is 1.44 bits per heavy atom. The molecule has 0 spiro atoms. The largest absolute Gasteiger partial charge is 0.465 e. The van der Waals surface area contributed by atoms with Gasteiger partial charge < -0.3 is 4.74 Å². The first-order valence-corrected chi connectivity index (χ1v) is 5.24. The maximum absolute atomic E-state index is 11.4. The summed E-state index contributed by atoms with van der Waals surface area (Å²) in [6.07, 6.45) is 1.47. The molecule has 0 aliphatic carbocycles. The molecule has 2 aromatic rings. The molecule has 7 nitrogen and oxygen atoms in total. The van der Waals surface area contributed by atoms with Gasteiger partial charge in [-0.15, -0.1) is 0 Å². The number of ether oxygens (including phenoxy) is 1. The summed E-state index contributed by atoms with van der Waals surface area (Å²) in [5.74, 6) is -0.216. The van der Waals surface area contributed by atoms with Crippen LogP contribution in [0.2, 0.25) is 0 Å². The molecule has 0 amide bonds. The number of aromatic nitrogens is 4. The SMILES string of the molecule is COC(=O)c1cn(-c2nc(C)cc(=O)[nH]2)nc1C. The van der Waals surface area contributed by atoms with Crippen molar-refractivity contribution in [2.45, 2.75) is 13.8 Å². The van der Waals surface area contributed by atoms with Gasteiger partial charge >= 0.3 is 5.97 Å². The highest BCUT2D eigenvalue weighted by Crippen LogP contribution is 2.09. The number of hydrogen-bond acceptors (Lipinski definition) is 5. The highest BCUT2D eigenvalue weighted by molar-refractivity contribution is 5.90. The first kappa shape index (κ1) is 12.0. The Bertz CT molecular complexity index is 657. The maximum Gasteiger partial charge on any atom is 0.341 e. The highest BCUT2D eigenvalue weighted by Gasteiger charge is 2.15. The zero-order valence-electron chi connectivity index (χ0n) is 10.2. The van der Waals surface area contributed by atoms with Crippen LogP contribution in [-0.2, 0) is 4.74 Å². The lowest BCUT2D eigenvalue weighted by Gasteiger charge is -2.00. The van der Waals surface area contributed by atoms with E-state index in [4.69, 9.17) is 0 Å². The number of nitrogens with zero attached hydrogens (tertiary/aromatic N) is 3. The second-order valence-corrected chi connectivity index (χ2v) is 3.77. The van der Waals surface area contributed by atoms with Crippen LogP contribution in [0.3, 0.4) is 0 Å². The molecule has 18 heavy (non-hydrogen) atoms. The van der Waals surface area contributed by atoms with E-state index in [1.54, 1.807) is 13.8 Å². The van der Waals surface area contributed by atoms with E-state index in [2.05, 4.69) is 19.8 Å². The van der Waals surface area contributed by atoms with Crippen LogP contribution >= 0.6 is 0 Å². The fourth-order valence-corrected chi connectivity index (χ4v) is 1.55. The molecule has 0 saturated carbocycles. The number of methoxy groups -OCH3 is 1. The van der Waals surface area contributed by atoms with Crippen LogP contribution in [0.5, 0.6) is 0 Å². The minimum absolute atomic E-state index is 0.262. The fraction of sp³-hybridized carbons (Fsp3) is 0.273. The molecule has 0 aliphatic heterocycles. The number of aromatic amines is 1. The molecular weight excluding hydrogens is 236 g/mol. The lowest BCUT2D eigenvalue weighted by atomic mass is 10.3. The van der Waals surface area contributed by atoms with Gasteiger partial charge in [-0.05, 0) is 13.8 Å². The zero-order chi connectivity index (χ0) is 13.3. The van der Waals surface area contributed by atoms with Crippen molar-refractivity contribution in [3.05, 3.63) is 39.6 Å². The molecule has 0 aliphatic rings. The van der Waals surface area contributed by atoms with E-state index in [1.807, 2.05) is 0 Å². The summed E-state index contributed by atoms with van der Waals surface area (Å²) in [5, 5.41) is 4.12. The van der Waals surface area contributed by atoms with Crippen molar-refractivity contribution in [3.63, 3.8) is 0 Å². The first-order chi connectivity index (χ1) is 8.51. The summed E-state index contributed by atoms with van der Waals surface area (Å²) in [5.41, 5.74) is 1.14. The molecule has 1 N–H and O–H groups in total. The van der Waals surface area contributed by atoms with Gasteiger partial charge in [-0.3, -0.25) is 9.78 Å². The second kappa shape index (κ2) is 4.44. The summed E-state index contributed by atoms with van der Waals surface area (Å²) in [4.78, 5) is 29.5. The normalized spacial score (nSPS) is 10.4. The van der Waals surface area contributed by atoms with Crippen LogP contribution in [0.4, 0.5) is 0 Å². The predicted molar refractivity (Wildman–Crippen MR) is 62.8 cm³/mol. The van der Waals surface area contributed by atoms with Crippen molar-refractivity contribution in [1.29, 1.82) is 0 Å². The van der Waals surface area contributed by atoms with E-state index >= 15 is 0 Å². The Labute approximate surface area is 102 Å². The number of hydrogen-bond donors (Lipinski definition) is 1. The van der Waals surface area contributed by atoms with Crippen molar-refractivity contribution in [3.8, 4) is 5.95 Å². The van der Waals surface area contributed by atoms with Gasteiger partial charge in [-0.1, -0.05) is 0 Å². The molecule has 7 heteroatoms. The Morgan fingerprint density at radius 3 is 2.78 bits per heavy atom. The lowest BCUT2D eigenvalue weighted by Crippen LogP contribution is -2.13. The minimum Gasteiger partial charge on any atom is -0.465 e. The summed E-state index contributed by atoms with van der Waals surface area (Å²) in [6, 6.07) is 1.38. The molecule has 2 rings (SSSR count). The second-order valence-electron chi connectivity index (χ2n) is 3.77. The van der Waals surface area contributed by atoms with E-state index < -0.39 is 5.97 Å². The van der Waals surface area contributed by atoms with Gasteiger partial charge in [0, 0.05) is 18.0 Å². The maximum atomic E-state index is 11.4. The first-order valence-electron chi connectivity index (χ1n) is 5.24. The molecule has 0 fully saturated rings. The van der Waals surface area contributed by atoms with Crippen molar-refractivity contribution in [1.82, 2.24) is 19.7 Å². The summed E-state index contributed by atoms with van der Waals surface area (Å²) >= 11 is 0. The van der Waals surface area contributed by atoms with Crippen LogP contribution in [0.25, 0.3) is 5.95 Å². The van der Waals surface area contributed by atoms with Crippen molar-refractivity contribution in [2.24, 2.45) is 0 Å². The predicted octanol–water partition coefficient (Wildman–Crippen LogP) is 0.359. The van der Waals surface area contributed by atoms with Gasteiger partial charge in [0.25, 0.3) is 5.56 Å². The Kier molecular flexibility index (Phi) is 2.97. The number of aryl methyl sites for hydroxylation is 2. The molecule has 0 saturated heterocycles. The van der Waals surface area contributed by atoms with E-state index in [9.17, 15) is 9.59 Å². The lowest BCUT2D eigenvalue weighted by molar-refractivity contribution is 0.0600. The van der Waals surface area contributed by atoms with Gasteiger partial charge in [-0.25, -0.2) is 14.5 Å². The Morgan fingerprint density at radius 2 is 2.17 bits per heavy atom. The number of carbonyl (C=O) groups excluding carboxylic acids is 1. The highest BCUT2D eigenvalue weighted by atomic mass is 16.5. The molecule has 94 valence electrons. The van der Waals surface area contributed by atoms with E-state index in [1.165, 1.54) is 24.1 Å². The smallest absolute Gasteiger partial charge is 0.341 e. The van der Waals surface area contributed by atoms with Gasteiger partial charge in [0.05, 0.1) is 12.8 Å². The average Bonchev–Trinajstić information content (AvgIpc) is 2.69. The van der Waals surface area contributed by atoms with Gasteiger partial charge in [-0.2, -0.15) is 5.10 Å². The molecule has 2 heterocycles. The quantitative estimate of drug-likeness (QED) is 0.775. The minimum atomic E-state index is -0.478. The van der Waals surface area contributed by atoms with Crippen LogP contribution in [0, 0.1) is 13.8 Å². The van der Waals surface area contributed by atoms with Gasteiger partial charge in [0.1, 0.15) is 5.56 Å². The number of H-pyrrole nitrogens is 1. The average molecular weight is 248 g/mol. The molecular formula is C11H12N4O3. The molecule has 2 aromatic heterocycles. The Balaban J connectivity index is 2.52. The number of rotatable bonds is 2. The number of esters is 1. The number of nitrogens with one attached hydrogen (secondary N) is 1. The summed E-state index contributed by atoms with van der Waals surface area (Å²) in [7, 11) is 1.30. The fourth-order valence-electron chi connectivity index (χ4n) is 1.55. The van der Waals surface area contributed by atoms with Gasteiger partial charge in [0.2, 0.25) is 5.95 Å². The van der Waals surface area contributed by atoms with E-state index in [-0.39, 0.29) is 11.5 Å². The third-order valence-corrected chi connectivity index (χ3v) is 2.38. The summed E-state index contributed by atoms with van der Waals surface area (Å²) in [6.45, 7) is 3.38. The molecule has 0 unspecified atom stereocenters. The van der Waals surface area contributed by atoms with Crippen molar-refractivity contribution < 1.29 is 9.53 Å². The third-order valence-electron chi connectivity index (χ3n) is 2.38. The number of carbonyl (C=O) groups is 1.